The molecule has 2 rings (SSSR count). The second-order valence-corrected chi connectivity index (χ2v) is 5.40. The molecule has 0 saturated carbocycles. The van der Waals surface area contributed by atoms with Crippen LogP contribution in [0, 0.1) is 0 Å². The van der Waals surface area contributed by atoms with Gasteiger partial charge in [0.1, 0.15) is 0 Å². The maximum Gasteiger partial charge on any atom is 0.321 e. The number of benzene rings is 1. The van der Waals surface area contributed by atoms with Crippen LogP contribution in [0.5, 0.6) is 0 Å². The fourth-order valence-electron chi connectivity index (χ4n) is 1.77. The van der Waals surface area contributed by atoms with Gasteiger partial charge in [-0.05, 0) is 34.9 Å². The molecule has 0 aliphatic rings. The zero-order valence-corrected chi connectivity index (χ0v) is 13.4. The molecule has 9 nitrogen and oxygen atoms in total. The van der Waals surface area contributed by atoms with Gasteiger partial charge in [0, 0.05) is 19.3 Å². The van der Waals surface area contributed by atoms with E-state index in [-0.39, 0.29) is 19.0 Å². The van der Waals surface area contributed by atoms with E-state index >= 15 is 0 Å². The minimum Gasteiger partial charge on any atom is -0.481 e. The molecular weight excluding hydrogens is 320 g/mol. The maximum atomic E-state index is 12.0. The summed E-state index contributed by atoms with van der Waals surface area (Å²) in [5, 5.41) is 23.4. The van der Waals surface area contributed by atoms with Crippen LogP contribution in [0.4, 0.5) is 10.5 Å². The van der Waals surface area contributed by atoms with Gasteiger partial charge >= 0.3 is 12.0 Å². The molecule has 0 aliphatic carbocycles. The van der Waals surface area contributed by atoms with Crippen molar-refractivity contribution in [3.8, 4) is 5.69 Å². The zero-order chi connectivity index (χ0) is 16.8. The van der Waals surface area contributed by atoms with E-state index in [1.807, 2.05) is 12.3 Å². The van der Waals surface area contributed by atoms with Gasteiger partial charge in [0.25, 0.3) is 0 Å². The monoisotopic (exact) mass is 336 g/mol. The fraction of sp³-hybridized carbons (Fsp3) is 0.308. The van der Waals surface area contributed by atoms with Crippen LogP contribution in [0.3, 0.4) is 0 Å². The molecular formula is C13H16N6O3S. The van der Waals surface area contributed by atoms with Crippen molar-refractivity contribution < 1.29 is 14.7 Å². The smallest absolute Gasteiger partial charge is 0.321 e. The van der Waals surface area contributed by atoms with E-state index < -0.39 is 5.97 Å². The molecule has 0 unspecified atom stereocenters. The van der Waals surface area contributed by atoms with Crippen LogP contribution in [-0.4, -0.2) is 62.1 Å². The van der Waals surface area contributed by atoms with Gasteiger partial charge in [-0.3, -0.25) is 4.79 Å². The standard InChI is InChI=1S/C13H16N6O3S/c1-18(7-6-11(20)21)12(22)14-9-4-3-5-10(8-9)19-13(23-2)15-16-17-19/h3-5,8H,6-7H2,1-2H3,(H,14,22)(H,20,21). The molecule has 2 aromatic rings. The summed E-state index contributed by atoms with van der Waals surface area (Å²) < 4.78 is 1.56. The maximum absolute atomic E-state index is 12.0. The number of amides is 2. The summed E-state index contributed by atoms with van der Waals surface area (Å²) in [6.07, 6.45) is 1.76. The number of carbonyl (C=O) groups is 2. The van der Waals surface area contributed by atoms with Crippen molar-refractivity contribution in [1.82, 2.24) is 25.1 Å². The first-order chi connectivity index (χ1) is 11.0. The molecule has 2 amide bonds. The van der Waals surface area contributed by atoms with E-state index in [4.69, 9.17) is 5.11 Å². The van der Waals surface area contributed by atoms with Gasteiger partial charge in [-0.1, -0.05) is 17.8 Å². The fourth-order valence-corrected chi connectivity index (χ4v) is 2.20. The van der Waals surface area contributed by atoms with E-state index in [0.29, 0.717) is 16.5 Å². The number of rotatable bonds is 6. The number of carbonyl (C=O) groups excluding carboxylic acids is 1. The molecule has 23 heavy (non-hydrogen) atoms. The minimum absolute atomic E-state index is 0.105. The number of nitrogens with one attached hydrogen (secondary N) is 1. The van der Waals surface area contributed by atoms with Crippen LogP contribution >= 0.6 is 11.8 Å². The molecule has 0 saturated heterocycles. The number of thioether (sulfide) groups is 1. The number of anilines is 1. The number of aliphatic carboxylic acids is 1. The molecule has 0 atom stereocenters. The Morgan fingerprint density at radius 3 is 2.91 bits per heavy atom. The van der Waals surface area contributed by atoms with E-state index in [9.17, 15) is 9.59 Å². The highest BCUT2D eigenvalue weighted by Gasteiger charge is 2.12. The Kier molecular flexibility index (Phi) is 5.52. The number of hydrogen-bond donors (Lipinski definition) is 2. The van der Waals surface area contributed by atoms with Crippen molar-refractivity contribution in [2.75, 3.05) is 25.2 Å². The summed E-state index contributed by atoms with van der Waals surface area (Å²) in [5.41, 5.74) is 1.28. The highest BCUT2D eigenvalue weighted by Crippen LogP contribution is 2.18. The molecule has 1 aromatic heterocycles. The molecule has 0 aliphatic heterocycles. The molecule has 2 N–H and O–H groups in total. The molecule has 0 radical (unpaired) electrons. The van der Waals surface area contributed by atoms with E-state index in [0.717, 1.165) is 0 Å². The van der Waals surface area contributed by atoms with Crippen LogP contribution in [0.1, 0.15) is 6.42 Å². The van der Waals surface area contributed by atoms with Gasteiger partial charge in [0.2, 0.25) is 5.16 Å². The second kappa shape index (κ2) is 7.58. The third-order valence-electron chi connectivity index (χ3n) is 2.97. The minimum atomic E-state index is -0.949. The lowest BCUT2D eigenvalue weighted by Gasteiger charge is -2.17. The van der Waals surface area contributed by atoms with Crippen molar-refractivity contribution in [3.63, 3.8) is 0 Å². The summed E-state index contributed by atoms with van der Waals surface area (Å²) in [5.74, 6) is -0.949. The van der Waals surface area contributed by atoms with Gasteiger partial charge in [0.15, 0.2) is 0 Å². The normalized spacial score (nSPS) is 10.3. The Bertz CT molecular complexity index is 705. The molecule has 0 fully saturated rings. The van der Waals surface area contributed by atoms with Crippen LogP contribution in [0.15, 0.2) is 29.4 Å². The highest BCUT2D eigenvalue weighted by molar-refractivity contribution is 7.98. The molecule has 10 heteroatoms. The molecule has 0 spiro atoms. The molecule has 0 bridgehead atoms. The van der Waals surface area contributed by atoms with Gasteiger partial charge in [-0.2, -0.15) is 4.68 Å². The third-order valence-corrected chi connectivity index (χ3v) is 3.59. The lowest BCUT2D eigenvalue weighted by Crippen LogP contribution is -2.33. The Labute approximate surface area is 136 Å². The SMILES string of the molecule is CSc1nnnn1-c1cccc(NC(=O)N(C)CCC(=O)O)c1. The number of nitrogens with zero attached hydrogens (tertiary/aromatic N) is 5. The Morgan fingerprint density at radius 2 is 2.22 bits per heavy atom. The Balaban J connectivity index is 2.08. The van der Waals surface area contributed by atoms with Crippen molar-refractivity contribution >= 4 is 29.4 Å². The summed E-state index contributed by atoms with van der Waals surface area (Å²) in [6, 6.07) is 6.67. The Hall–Kier alpha value is -2.62. The summed E-state index contributed by atoms with van der Waals surface area (Å²) >= 11 is 1.41. The van der Waals surface area contributed by atoms with E-state index in [1.54, 1.807) is 22.9 Å². The predicted octanol–water partition coefficient (Wildman–Crippen LogP) is 1.32. The molecule has 1 aromatic carbocycles. The van der Waals surface area contributed by atoms with Gasteiger partial charge in [0.05, 0.1) is 12.1 Å². The number of carboxylic acid groups (broad SMARTS) is 1. The summed E-state index contributed by atoms with van der Waals surface area (Å²) in [7, 11) is 1.54. The molecule has 1 heterocycles. The average molecular weight is 336 g/mol. The number of tetrazole rings is 1. The largest absolute Gasteiger partial charge is 0.481 e. The number of urea groups is 1. The first-order valence-corrected chi connectivity index (χ1v) is 7.90. The first-order valence-electron chi connectivity index (χ1n) is 6.68. The van der Waals surface area contributed by atoms with E-state index in [2.05, 4.69) is 20.8 Å². The van der Waals surface area contributed by atoms with Gasteiger partial charge < -0.3 is 15.3 Å². The number of hydrogen-bond acceptors (Lipinski definition) is 6. The van der Waals surface area contributed by atoms with Gasteiger partial charge in [-0.15, -0.1) is 5.10 Å². The lowest BCUT2D eigenvalue weighted by atomic mass is 10.3. The number of aromatic nitrogens is 4. The zero-order valence-electron chi connectivity index (χ0n) is 12.6. The summed E-state index contributed by atoms with van der Waals surface area (Å²) in [4.78, 5) is 23.9. The van der Waals surface area contributed by atoms with Crippen molar-refractivity contribution in [1.29, 1.82) is 0 Å². The molecule has 122 valence electrons. The van der Waals surface area contributed by atoms with Crippen LogP contribution in [-0.2, 0) is 4.79 Å². The first kappa shape index (κ1) is 16.7. The second-order valence-electron chi connectivity index (χ2n) is 4.62. The van der Waals surface area contributed by atoms with Crippen molar-refractivity contribution in [2.24, 2.45) is 0 Å². The van der Waals surface area contributed by atoms with Crippen molar-refractivity contribution in [3.05, 3.63) is 24.3 Å². The third kappa shape index (κ3) is 4.42. The quantitative estimate of drug-likeness (QED) is 0.765. The average Bonchev–Trinajstić information content (AvgIpc) is 3.01. The topological polar surface area (TPSA) is 113 Å². The lowest BCUT2D eigenvalue weighted by molar-refractivity contribution is -0.137. The highest BCUT2D eigenvalue weighted by atomic mass is 32.2. The Morgan fingerprint density at radius 1 is 1.43 bits per heavy atom. The van der Waals surface area contributed by atoms with E-state index in [1.165, 1.54) is 23.7 Å². The van der Waals surface area contributed by atoms with Gasteiger partial charge in [-0.25, -0.2) is 4.79 Å². The van der Waals surface area contributed by atoms with Crippen LogP contribution in [0.2, 0.25) is 0 Å². The van der Waals surface area contributed by atoms with Crippen LogP contribution in [0.25, 0.3) is 5.69 Å². The number of carboxylic acids is 1. The van der Waals surface area contributed by atoms with Crippen LogP contribution < -0.4 is 5.32 Å². The van der Waals surface area contributed by atoms with Crippen molar-refractivity contribution in [2.45, 2.75) is 11.6 Å². The summed E-state index contributed by atoms with van der Waals surface area (Å²) in [6.45, 7) is 0.129. The predicted molar refractivity (Wildman–Crippen MR) is 84.8 cm³/mol.